The van der Waals surface area contributed by atoms with Crippen LogP contribution in [0.1, 0.15) is 12.8 Å². The molecule has 0 aromatic heterocycles. The zero-order valence-electron chi connectivity index (χ0n) is 6.09. The molecule has 0 aromatic rings. The molecular weight excluding hydrogens is 130 g/mol. The van der Waals surface area contributed by atoms with Gasteiger partial charge in [-0.1, -0.05) is 0 Å². The fourth-order valence-electron chi connectivity index (χ4n) is 1.08. The summed E-state index contributed by atoms with van der Waals surface area (Å²) < 4.78 is 0. The van der Waals surface area contributed by atoms with Gasteiger partial charge in [0.15, 0.2) is 0 Å². The largest absolute Gasteiger partial charge is 0.302 e. The molecule has 0 N–H and O–H groups in total. The highest BCUT2D eigenvalue weighted by Crippen LogP contribution is 2.11. The average Bonchev–Trinajstić information content (AvgIpc) is 2.05. The Morgan fingerprint density at radius 2 is 2.50 bits per heavy atom. The quantitative estimate of drug-likeness (QED) is 0.495. The van der Waals surface area contributed by atoms with Gasteiger partial charge >= 0.3 is 0 Å². The molecule has 0 saturated carbocycles. The van der Waals surface area contributed by atoms with Crippen molar-refractivity contribution in [2.24, 2.45) is 0 Å². The Labute approximate surface area is 60.2 Å². The third kappa shape index (κ3) is 1.67. The summed E-state index contributed by atoms with van der Waals surface area (Å²) in [6, 6.07) is 0. The summed E-state index contributed by atoms with van der Waals surface area (Å²) in [5.74, 6) is 1.91. The van der Waals surface area contributed by atoms with Gasteiger partial charge in [0.1, 0.15) is 5.94 Å². The summed E-state index contributed by atoms with van der Waals surface area (Å²) >= 11 is 0. The molecule has 0 aliphatic carbocycles. The molecule has 0 atom stereocenters. The van der Waals surface area contributed by atoms with Gasteiger partial charge in [-0.15, -0.1) is 0 Å². The summed E-state index contributed by atoms with van der Waals surface area (Å²) in [6.07, 6.45) is 1.88. The van der Waals surface area contributed by atoms with Crippen LogP contribution >= 0.6 is 0 Å². The van der Waals surface area contributed by atoms with Crippen LogP contribution in [0.4, 0.5) is 0 Å². The van der Waals surface area contributed by atoms with Crippen LogP contribution in [-0.2, 0) is 9.63 Å². The lowest BCUT2D eigenvalue weighted by Crippen LogP contribution is -2.30. The van der Waals surface area contributed by atoms with E-state index in [1.54, 1.807) is 12.2 Å². The van der Waals surface area contributed by atoms with Crippen molar-refractivity contribution in [2.75, 3.05) is 20.2 Å². The average molecular weight is 141 g/mol. The van der Waals surface area contributed by atoms with E-state index in [0.29, 0.717) is 6.54 Å². The zero-order chi connectivity index (χ0) is 7.40. The first-order valence-corrected chi connectivity index (χ1v) is 3.38. The second kappa shape index (κ2) is 3.52. The van der Waals surface area contributed by atoms with Gasteiger partial charge in [0.25, 0.3) is 0 Å². The molecule has 0 amide bonds. The smallest absolute Gasteiger partial charge is 0.124 e. The van der Waals surface area contributed by atoms with Crippen molar-refractivity contribution in [3.05, 3.63) is 5.57 Å². The van der Waals surface area contributed by atoms with Crippen molar-refractivity contribution in [2.45, 2.75) is 12.8 Å². The minimum atomic E-state index is 0.625. The predicted octanol–water partition coefficient (Wildman–Crippen LogP) is 0.402. The van der Waals surface area contributed by atoms with Gasteiger partial charge in [0.2, 0.25) is 0 Å². The van der Waals surface area contributed by atoms with Crippen molar-refractivity contribution in [1.29, 1.82) is 0 Å². The Bertz CT molecular complexity index is 161. The molecule has 1 aliphatic rings. The Morgan fingerprint density at radius 3 is 3.10 bits per heavy atom. The minimum Gasteiger partial charge on any atom is -0.302 e. The number of carbonyl (C=O) groups excluding carboxylic acids is 1. The summed E-state index contributed by atoms with van der Waals surface area (Å²) in [7, 11) is 1.62. The molecule has 1 aliphatic heterocycles. The summed E-state index contributed by atoms with van der Waals surface area (Å²) in [6.45, 7) is 1.54. The highest BCUT2D eigenvalue weighted by Gasteiger charge is 2.13. The maximum absolute atomic E-state index is 10.2. The monoisotopic (exact) mass is 141 g/mol. The molecule has 0 radical (unpaired) electrons. The van der Waals surface area contributed by atoms with Gasteiger partial charge in [-0.2, -0.15) is 5.06 Å². The summed E-state index contributed by atoms with van der Waals surface area (Å²) in [4.78, 5) is 15.1. The van der Waals surface area contributed by atoms with Crippen molar-refractivity contribution in [3.8, 4) is 0 Å². The Hall–Kier alpha value is -0.630. The molecular formula is C7H11NO2. The van der Waals surface area contributed by atoms with Gasteiger partial charge in [-0.3, -0.25) is 0 Å². The first kappa shape index (κ1) is 7.48. The molecule has 10 heavy (non-hydrogen) atoms. The van der Waals surface area contributed by atoms with Crippen LogP contribution in [0.3, 0.4) is 0 Å². The number of rotatable bonds is 1. The van der Waals surface area contributed by atoms with Gasteiger partial charge < -0.3 is 4.84 Å². The van der Waals surface area contributed by atoms with Gasteiger partial charge in [0, 0.05) is 12.1 Å². The van der Waals surface area contributed by atoms with Crippen LogP contribution in [0.15, 0.2) is 5.57 Å². The summed E-state index contributed by atoms with van der Waals surface area (Å²) in [5.41, 5.74) is 0.813. The molecule has 3 heteroatoms. The normalized spacial score (nSPS) is 20.7. The lowest BCUT2D eigenvalue weighted by atomic mass is 10.1. The molecule has 1 rings (SSSR count). The molecule has 1 heterocycles. The van der Waals surface area contributed by atoms with E-state index >= 15 is 0 Å². The highest BCUT2D eigenvalue weighted by molar-refractivity contribution is 5.53. The van der Waals surface area contributed by atoms with E-state index in [1.807, 2.05) is 5.94 Å². The minimum absolute atomic E-state index is 0.625. The van der Waals surface area contributed by atoms with Crippen LogP contribution in [0.5, 0.6) is 0 Å². The predicted molar refractivity (Wildman–Crippen MR) is 37.0 cm³/mol. The summed E-state index contributed by atoms with van der Waals surface area (Å²) in [5, 5.41) is 1.77. The van der Waals surface area contributed by atoms with Crippen LogP contribution in [0, 0.1) is 0 Å². The molecule has 0 spiro atoms. The zero-order valence-corrected chi connectivity index (χ0v) is 6.09. The van der Waals surface area contributed by atoms with E-state index in [0.717, 1.165) is 25.0 Å². The molecule has 3 nitrogen and oxygen atoms in total. The number of hydrogen-bond acceptors (Lipinski definition) is 3. The van der Waals surface area contributed by atoms with Gasteiger partial charge in [-0.05, 0) is 12.8 Å². The number of nitrogens with zero attached hydrogens (tertiary/aromatic N) is 1. The molecule has 1 saturated heterocycles. The molecule has 0 aromatic carbocycles. The van der Waals surface area contributed by atoms with E-state index < -0.39 is 0 Å². The number of hydroxylamine groups is 2. The standard InChI is InChI=1S/C7H11NO2/c1-10-8-4-2-3-7(5-8)6-9/h2-5H2,1H3. The van der Waals surface area contributed by atoms with Gasteiger partial charge in [-0.25, -0.2) is 4.79 Å². The third-order valence-corrected chi connectivity index (χ3v) is 1.66. The lowest BCUT2D eigenvalue weighted by Gasteiger charge is -2.23. The number of hydrogen-bond donors (Lipinski definition) is 0. The SMILES string of the molecule is CON1CCCC(=C=O)C1. The van der Waals surface area contributed by atoms with E-state index in [-0.39, 0.29) is 0 Å². The maximum Gasteiger partial charge on any atom is 0.124 e. The van der Waals surface area contributed by atoms with Crippen molar-refractivity contribution in [1.82, 2.24) is 5.06 Å². The van der Waals surface area contributed by atoms with E-state index in [4.69, 9.17) is 4.84 Å². The van der Waals surface area contributed by atoms with Crippen molar-refractivity contribution in [3.63, 3.8) is 0 Å². The first-order valence-electron chi connectivity index (χ1n) is 3.38. The first-order chi connectivity index (χ1) is 4.86. The second-order valence-corrected chi connectivity index (χ2v) is 2.36. The fraction of sp³-hybridized carbons (Fsp3) is 0.714. The van der Waals surface area contributed by atoms with Crippen LogP contribution in [0.25, 0.3) is 0 Å². The number of piperidine rings is 1. The van der Waals surface area contributed by atoms with E-state index in [9.17, 15) is 4.79 Å². The Balaban J connectivity index is 2.47. The van der Waals surface area contributed by atoms with Crippen LogP contribution in [0.2, 0.25) is 0 Å². The van der Waals surface area contributed by atoms with E-state index in [1.165, 1.54) is 0 Å². The molecule has 56 valence electrons. The lowest BCUT2D eigenvalue weighted by molar-refractivity contribution is -0.130. The van der Waals surface area contributed by atoms with Crippen LogP contribution in [-0.4, -0.2) is 31.2 Å². The van der Waals surface area contributed by atoms with Crippen molar-refractivity contribution >= 4 is 5.94 Å². The van der Waals surface area contributed by atoms with Crippen molar-refractivity contribution < 1.29 is 9.63 Å². The Kier molecular flexibility index (Phi) is 2.63. The van der Waals surface area contributed by atoms with Crippen LogP contribution < -0.4 is 0 Å². The maximum atomic E-state index is 10.2. The molecule has 0 unspecified atom stereocenters. The highest BCUT2D eigenvalue weighted by atomic mass is 16.7. The third-order valence-electron chi connectivity index (χ3n) is 1.66. The fourth-order valence-corrected chi connectivity index (χ4v) is 1.08. The molecule has 1 fully saturated rings. The van der Waals surface area contributed by atoms with Gasteiger partial charge in [0.05, 0.1) is 13.7 Å². The topological polar surface area (TPSA) is 29.5 Å². The Morgan fingerprint density at radius 1 is 1.70 bits per heavy atom. The van der Waals surface area contributed by atoms with E-state index in [2.05, 4.69) is 0 Å². The molecule has 0 bridgehead atoms. The second-order valence-electron chi connectivity index (χ2n) is 2.36.